The highest BCUT2D eigenvalue weighted by Crippen LogP contribution is 2.33. The van der Waals surface area contributed by atoms with Crippen LogP contribution in [0.5, 0.6) is 0 Å². The fourth-order valence-corrected chi connectivity index (χ4v) is 3.46. The number of ether oxygens (including phenoxy) is 2. The average molecular weight is 347 g/mol. The van der Waals surface area contributed by atoms with Gasteiger partial charge < -0.3 is 23.0 Å². The molecular weight excluding hydrogens is 330 g/mol. The summed E-state index contributed by atoms with van der Waals surface area (Å²) in [5.74, 6) is 1.46. The van der Waals surface area contributed by atoms with Crippen LogP contribution in [-0.2, 0) is 16.5 Å². The smallest absolute Gasteiger partial charge is 0.198 e. The van der Waals surface area contributed by atoms with Crippen molar-refractivity contribution in [1.29, 1.82) is 0 Å². The van der Waals surface area contributed by atoms with Crippen LogP contribution in [0.1, 0.15) is 6.04 Å². The van der Waals surface area contributed by atoms with Gasteiger partial charge in [0.2, 0.25) is 0 Å². The summed E-state index contributed by atoms with van der Waals surface area (Å²) in [5, 5.41) is 9.42. The molecule has 1 aliphatic rings. The number of methoxy groups -OCH3 is 1. The molecule has 1 saturated heterocycles. The summed E-state index contributed by atoms with van der Waals surface area (Å²) in [5.41, 5.74) is 0. The molecule has 3 aromatic rings. The van der Waals surface area contributed by atoms with Crippen LogP contribution < -0.4 is 0 Å². The lowest BCUT2D eigenvalue weighted by Gasteiger charge is -2.19. The van der Waals surface area contributed by atoms with Crippen LogP contribution >= 0.6 is 11.8 Å². The van der Waals surface area contributed by atoms with E-state index in [2.05, 4.69) is 19.7 Å². The first-order valence-electron chi connectivity index (χ1n) is 7.51. The summed E-state index contributed by atoms with van der Waals surface area (Å²) in [6.45, 7) is 1.19. The molecule has 0 unspecified atom stereocenters. The van der Waals surface area contributed by atoms with Crippen molar-refractivity contribution in [3.63, 3.8) is 0 Å². The van der Waals surface area contributed by atoms with Gasteiger partial charge in [0, 0.05) is 26.6 Å². The summed E-state index contributed by atoms with van der Waals surface area (Å²) in [7, 11) is 3.59. The molecule has 0 aliphatic carbocycles. The summed E-state index contributed by atoms with van der Waals surface area (Å²) in [6.07, 6.45) is 5.36. The Hall–Kier alpha value is -2.10. The van der Waals surface area contributed by atoms with Gasteiger partial charge in [-0.1, -0.05) is 0 Å². The highest BCUT2D eigenvalue weighted by molar-refractivity contribution is 7.99. The van der Waals surface area contributed by atoms with E-state index < -0.39 is 0 Å². The molecule has 0 saturated carbocycles. The number of imidazole rings is 1. The number of hydrogen-bond acceptors (Lipinski definition) is 7. The topological polar surface area (TPSA) is 80.1 Å². The molecule has 2 atom stereocenters. The molecule has 126 valence electrons. The maximum atomic E-state index is 5.94. The second kappa shape index (κ2) is 6.42. The zero-order chi connectivity index (χ0) is 16.5. The first-order chi connectivity index (χ1) is 11.8. The van der Waals surface area contributed by atoms with Crippen LogP contribution in [0, 0.1) is 0 Å². The number of nitrogens with zero attached hydrogens (tertiary/aromatic N) is 5. The quantitative estimate of drug-likeness (QED) is 0.698. The van der Waals surface area contributed by atoms with Gasteiger partial charge in [0.15, 0.2) is 21.8 Å². The standard InChI is InChI=1S/C15H17N5O3S/c1-19-9-17-18-15(19)24-13-4-3-11(23-13)14-16-5-6-20(14)10-7-22-8-12(10)21-2/h3-6,9-10,12H,7-8H2,1-2H3/t10-,12+/m1/s1. The van der Waals surface area contributed by atoms with E-state index in [1.165, 1.54) is 11.8 Å². The maximum Gasteiger partial charge on any atom is 0.198 e. The zero-order valence-electron chi connectivity index (χ0n) is 13.3. The van der Waals surface area contributed by atoms with E-state index in [0.29, 0.717) is 19.0 Å². The predicted octanol–water partition coefficient (Wildman–Crippen LogP) is 2.01. The Morgan fingerprint density at radius 2 is 2.25 bits per heavy atom. The lowest BCUT2D eigenvalue weighted by Crippen LogP contribution is -2.24. The Bertz CT molecular complexity index is 827. The van der Waals surface area contributed by atoms with E-state index in [4.69, 9.17) is 13.9 Å². The van der Waals surface area contributed by atoms with Crippen molar-refractivity contribution in [3.8, 4) is 11.6 Å². The molecule has 0 aromatic carbocycles. The second-order valence-corrected chi connectivity index (χ2v) is 6.45. The molecule has 24 heavy (non-hydrogen) atoms. The molecule has 1 fully saturated rings. The van der Waals surface area contributed by atoms with Gasteiger partial charge >= 0.3 is 0 Å². The van der Waals surface area contributed by atoms with Gasteiger partial charge in [-0.3, -0.25) is 0 Å². The molecule has 0 radical (unpaired) electrons. The molecule has 3 aromatic heterocycles. The largest absolute Gasteiger partial charge is 0.446 e. The fourth-order valence-electron chi connectivity index (χ4n) is 2.73. The fraction of sp³-hybridized carbons (Fsp3) is 0.400. The molecule has 0 bridgehead atoms. The molecule has 0 N–H and O–H groups in total. The predicted molar refractivity (Wildman–Crippen MR) is 85.7 cm³/mol. The summed E-state index contributed by atoms with van der Waals surface area (Å²) < 4.78 is 20.9. The van der Waals surface area contributed by atoms with Crippen molar-refractivity contribution in [3.05, 3.63) is 30.9 Å². The van der Waals surface area contributed by atoms with Gasteiger partial charge in [-0.15, -0.1) is 10.2 Å². The Morgan fingerprint density at radius 3 is 3.04 bits per heavy atom. The number of aryl methyl sites for hydroxylation is 1. The highest BCUT2D eigenvalue weighted by atomic mass is 32.2. The van der Waals surface area contributed by atoms with E-state index >= 15 is 0 Å². The third-order valence-electron chi connectivity index (χ3n) is 3.99. The van der Waals surface area contributed by atoms with E-state index in [1.807, 2.05) is 29.9 Å². The lowest BCUT2D eigenvalue weighted by molar-refractivity contribution is 0.0687. The molecule has 0 amide bonds. The minimum atomic E-state index is 0.0143. The number of rotatable bonds is 5. The van der Waals surface area contributed by atoms with Crippen LogP contribution in [0.15, 0.2) is 45.5 Å². The Balaban J connectivity index is 1.59. The van der Waals surface area contributed by atoms with Crippen LogP contribution in [0.3, 0.4) is 0 Å². The van der Waals surface area contributed by atoms with Crippen LogP contribution in [-0.4, -0.2) is 50.7 Å². The second-order valence-electron chi connectivity index (χ2n) is 5.48. The minimum Gasteiger partial charge on any atom is -0.446 e. The third kappa shape index (κ3) is 2.74. The first-order valence-corrected chi connectivity index (χ1v) is 8.33. The molecule has 4 rings (SSSR count). The molecular formula is C15H17N5O3S. The Kier molecular flexibility index (Phi) is 4.13. The van der Waals surface area contributed by atoms with Gasteiger partial charge in [-0.2, -0.15) is 0 Å². The van der Waals surface area contributed by atoms with Gasteiger partial charge in [0.05, 0.1) is 19.3 Å². The van der Waals surface area contributed by atoms with Crippen molar-refractivity contribution < 1.29 is 13.9 Å². The van der Waals surface area contributed by atoms with E-state index in [1.54, 1.807) is 19.6 Å². The molecule has 8 nitrogen and oxygen atoms in total. The van der Waals surface area contributed by atoms with Gasteiger partial charge in [0.25, 0.3) is 0 Å². The van der Waals surface area contributed by atoms with Crippen molar-refractivity contribution in [2.24, 2.45) is 7.05 Å². The molecule has 1 aliphatic heterocycles. The molecule has 4 heterocycles. The van der Waals surface area contributed by atoms with Gasteiger partial charge in [-0.25, -0.2) is 4.98 Å². The zero-order valence-corrected chi connectivity index (χ0v) is 14.1. The summed E-state index contributed by atoms with van der Waals surface area (Å²) in [4.78, 5) is 4.44. The molecule has 9 heteroatoms. The average Bonchev–Trinajstić information content (AvgIpc) is 3.34. The van der Waals surface area contributed by atoms with Crippen molar-refractivity contribution in [2.75, 3.05) is 20.3 Å². The Morgan fingerprint density at radius 1 is 1.33 bits per heavy atom. The normalized spacial score (nSPS) is 20.8. The monoisotopic (exact) mass is 347 g/mol. The van der Waals surface area contributed by atoms with Crippen LogP contribution in [0.2, 0.25) is 0 Å². The maximum absolute atomic E-state index is 5.94. The molecule has 0 spiro atoms. The Labute approximate surface area is 142 Å². The van der Waals surface area contributed by atoms with Crippen LogP contribution in [0.4, 0.5) is 0 Å². The number of furan rings is 1. The van der Waals surface area contributed by atoms with Crippen molar-refractivity contribution in [1.82, 2.24) is 24.3 Å². The SMILES string of the molecule is CO[C@H]1COC[C@H]1n1ccnc1-c1ccc(Sc2nncn2C)o1. The van der Waals surface area contributed by atoms with Crippen molar-refractivity contribution >= 4 is 11.8 Å². The van der Waals surface area contributed by atoms with E-state index in [0.717, 1.165) is 16.1 Å². The van der Waals surface area contributed by atoms with E-state index in [-0.39, 0.29) is 12.1 Å². The van der Waals surface area contributed by atoms with Crippen molar-refractivity contribution in [2.45, 2.75) is 22.4 Å². The number of aromatic nitrogens is 5. The summed E-state index contributed by atoms with van der Waals surface area (Å²) in [6, 6.07) is 3.91. The lowest BCUT2D eigenvalue weighted by atomic mass is 10.2. The van der Waals surface area contributed by atoms with Crippen LogP contribution in [0.25, 0.3) is 11.6 Å². The highest BCUT2D eigenvalue weighted by Gasteiger charge is 2.31. The number of hydrogen-bond donors (Lipinski definition) is 0. The third-order valence-corrected chi connectivity index (χ3v) is 4.96. The minimum absolute atomic E-state index is 0.0143. The first kappa shape index (κ1) is 15.4. The van der Waals surface area contributed by atoms with Gasteiger partial charge in [0.1, 0.15) is 12.4 Å². The van der Waals surface area contributed by atoms with E-state index in [9.17, 15) is 0 Å². The summed E-state index contributed by atoms with van der Waals surface area (Å²) >= 11 is 1.42. The van der Waals surface area contributed by atoms with Gasteiger partial charge in [-0.05, 0) is 23.9 Å².